The van der Waals surface area contributed by atoms with Crippen molar-refractivity contribution < 1.29 is 0 Å². The Labute approximate surface area is 45.0 Å². The predicted octanol–water partition coefficient (Wildman–Crippen LogP) is 0.745. The lowest BCUT2D eigenvalue weighted by Crippen LogP contribution is -1.59. The topological polar surface area (TPSA) is 0 Å². The maximum Gasteiger partial charge on any atom is -0.0149 e. The average Bonchev–Trinajstić information content (AvgIpc) is 1.41. The van der Waals surface area contributed by atoms with Gasteiger partial charge in [-0.3, -0.25) is 0 Å². The molecule has 0 unspecified atom stereocenters. The first-order chi connectivity index (χ1) is 2.41. The number of unbranched alkanes of at least 4 members (excludes halogenated alkanes) is 2. The smallest absolute Gasteiger partial charge is 0.0149 e. The van der Waals surface area contributed by atoms with E-state index in [0.29, 0.717) is 0 Å². The van der Waals surface area contributed by atoms with Gasteiger partial charge in [0, 0.05) is 0 Å². The van der Waals surface area contributed by atoms with Crippen LogP contribution in [0.1, 0.15) is 33.1 Å². The summed E-state index contributed by atoms with van der Waals surface area (Å²) in [5, 5.41) is 0. The molecule has 0 N–H and O–H groups in total. The van der Waals surface area contributed by atoms with Crippen LogP contribution in [0.15, 0.2) is 0 Å². The Morgan fingerprint density at radius 3 is 1.33 bits per heavy atom. The van der Waals surface area contributed by atoms with Gasteiger partial charge in [-0.25, -0.2) is 0 Å². The van der Waals surface area contributed by atoms with Crippen LogP contribution in [-0.2, 0) is 0 Å². The first-order valence-electron chi connectivity index (χ1n) is 2.41. The minimum atomic E-state index is 0. The van der Waals surface area contributed by atoms with Gasteiger partial charge in [0.15, 0.2) is 0 Å². The second-order valence-electron chi connectivity index (χ2n) is 1.35. The summed E-state index contributed by atoms with van der Waals surface area (Å²) in [4.78, 5) is 0. The van der Waals surface area contributed by atoms with Gasteiger partial charge in [0.05, 0.1) is 0 Å². The summed E-state index contributed by atoms with van der Waals surface area (Å²) < 4.78 is 0. The molecule has 0 saturated heterocycles. The molecule has 0 saturated carbocycles. The molecule has 0 aliphatic rings. The van der Waals surface area contributed by atoms with E-state index in [4.69, 9.17) is 0 Å². The van der Waals surface area contributed by atoms with Crippen molar-refractivity contribution in [2.24, 2.45) is 0 Å². The van der Waals surface area contributed by atoms with Gasteiger partial charge in [-0.1, -0.05) is 33.1 Å². The van der Waals surface area contributed by atoms with E-state index in [9.17, 15) is 0 Å². The Kier molecular flexibility index (Phi) is 14.2. The Bertz CT molecular complexity index is 11.4. The van der Waals surface area contributed by atoms with E-state index in [-0.39, 0.29) is 11.0 Å². The molecule has 0 aromatic carbocycles. The molecule has 0 bridgehead atoms. The highest BCUT2D eigenvalue weighted by Crippen LogP contribution is 1.88. The zero-order valence-electron chi connectivity index (χ0n) is 4.12. The van der Waals surface area contributed by atoms with Crippen LogP contribution >= 0.6 is 0 Å². The highest BCUT2D eigenvalue weighted by atomic mass is 28.1. The molecule has 0 nitrogen and oxygen atoms in total. The van der Waals surface area contributed by atoms with E-state index >= 15 is 0 Å². The average molecular weight is 104 g/mol. The van der Waals surface area contributed by atoms with Gasteiger partial charge in [-0.05, 0) is 11.0 Å². The summed E-state index contributed by atoms with van der Waals surface area (Å²) in [7, 11) is 0. The predicted molar refractivity (Wildman–Crippen MR) is 36.5 cm³/mol. The van der Waals surface area contributed by atoms with Gasteiger partial charge in [0.25, 0.3) is 0 Å². The lowest BCUT2D eigenvalue weighted by atomic mass is 10.3. The van der Waals surface area contributed by atoms with Gasteiger partial charge in [-0.15, -0.1) is 0 Å². The first-order valence-corrected chi connectivity index (χ1v) is 2.41. The summed E-state index contributed by atoms with van der Waals surface area (Å²) in [6, 6.07) is 0. The number of hydrogen-bond donors (Lipinski definition) is 0. The SMILES string of the molecule is CCCCC.[SiH4]. The van der Waals surface area contributed by atoms with Crippen LogP contribution in [0.3, 0.4) is 0 Å². The van der Waals surface area contributed by atoms with Crippen molar-refractivity contribution in [3.63, 3.8) is 0 Å². The van der Waals surface area contributed by atoms with E-state index in [1.165, 1.54) is 19.3 Å². The summed E-state index contributed by atoms with van der Waals surface area (Å²) in [6.07, 6.45) is 4.08. The molecule has 40 valence electrons. The van der Waals surface area contributed by atoms with Gasteiger partial charge in [0.1, 0.15) is 0 Å². The zero-order valence-corrected chi connectivity index (χ0v) is 4.12. The largest absolute Gasteiger partial charge is 0.0654 e. The summed E-state index contributed by atoms with van der Waals surface area (Å²) >= 11 is 0. The number of hydrogen-bond acceptors (Lipinski definition) is 0. The van der Waals surface area contributed by atoms with Gasteiger partial charge in [-0.2, -0.15) is 0 Å². The van der Waals surface area contributed by atoms with Crippen LogP contribution in [-0.4, -0.2) is 11.0 Å². The van der Waals surface area contributed by atoms with Crippen molar-refractivity contribution in [2.75, 3.05) is 0 Å². The first kappa shape index (κ1) is 9.52. The molecule has 1 heteroatoms. The van der Waals surface area contributed by atoms with Crippen LogP contribution in [0.4, 0.5) is 0 Å². The molecule has 0 spiro atoms. The Morgan fingerprint density at radius 1 is 1.00 bits per heavy atom. The Hall–Kier alpha value is 0.217. The molecular formula is C5H16Si. The molecular weight excluding hydrogens is 88.1 g/mol. The summed E-state index contributed by atoms with van der Waals surface area (Å²) in [5.41, 5.74) is 0. The van der Waals surface area contributed by atoms with Crippen molar-refractivity contribution in [3.8, 4) is 0 Å². The quantitative estimate of drug-likeness (QED) is 0.453. The third kappa shape index (κ3) is 8.88. The van der Waals surface area contributed by atoms with Gasteiger partial charge < -0.3 is 0 Å². The maximum absolute atomic E-state index is 2.21. The summed E-state index contributed by atoms with van der Waals surface area (Å²) in [5.74, 6) is 0. The minimum Gasteiger partial charge on any atom is -0.0654 e. The lowest BCUT2D eigenvalue weighted by molar-refractivity contribution is 0.772. The zero-order chi connectivity index (χ0) is 4.12. The minimum absolute atomic E-state index is 0. The Morgan fingerprint density at radius 2 is 1.33 bits per heavy atom. The molecule has 0 aromatic rings. The van der Waals surface area contributed by atoms with Crippen molar-refractivity contribution in [1.29, 1.82) is 0 Å². The fourth-order valence-electron chi connectivity index (χ4n) is 0.354. The third-order valence-corrected chi connectivity index (χ3v) is 0.707. The second kappa shape index (κ2) is 8.96. The standard InChI is InChI=1S/C5H12.H4Si/c1-3-5-4-2;/h3-5H2,1-2H3;1H4. The van der Waals surface area contributed by atoms with E-state index < -0.39 is 0 Å². The van der Waals surface area contributed by atoms with Crippen molar-refractivity contribution in [2.45, 2.75) is 33.1 Å². The molecule has 0 fully saturated rings. The highest BCUT2D eigenvalue weighted by molar-refractivity contribution is 5.75. The normalized spacial score (nSPS) is 7.00. The van der Waals surface area contributed by atoms with Crippen LogP contribution < -0.4 is 0 Å². The van der Waals surface area contributed by atoms with Crippen LogP contribution in [0.5, 0.6) is 0 Å². The molecule has 0 radical (unpaired) electrons. The van der Waals surface area contributed by atoms with Crippen LogP contribution in [0.25, 0.3) is 0 Å². The molecule has 0 atom stereocenters. The fraction of sp³-hybridized carbons (Fsp3) is 1.00. The monoisotopic (exact) mass is 104 g/mol. The van der Waals surface area contributed by atoms with E-state index in [1.807, 2.05) is 0 Å². The fourth-order valence-corrected chi connectivity index (χ4v) is 0.354. The molecule has 0 aliphatic carbocycles. The van der Waals surface area contributed by atoms with Gasteiger partial charge in [0.2, 0.25) is 0 Å². The van der Waals surface area contributed by atoms with Crippen LogP contribution in [0.2, 0.25) is 0 Å². The van der Waals surface area contributed by atoms with Gasteiger partial charge >= 0.3 is 0 Å². The van der Waals surface area contributed by atoms with Crippen molar-refractivity contribution >= 4 is 11.0 Å². The molecule has 6 heavy (non-hydrogen) atoms. The van der Waals surface area contributed by atoms with Crippen molar-refractivity contribution in [1.82, 2.24) is 0 Å². The highest BCUT2D eigenvalue weighted by Gasteiger charge is 1.68. The molecule has 0 amide bonds. The van der Waals surface area contributed by atoms with Crippen molar-refractivity contribution in [3.05, 3.63) is 0 Å². The summed E-state index contributed by atoms with van der Waals surface area (Å²) in [6.45, 7) is 4.42. The lowest BCUT2D eigenvalue weighted by Gasteiger charge is -1.79. The molecule has 0 rings (SSSR count). The maximum atomic E-state index is 2.21. The number of rotatable bonds is 2. The van der Waals surface area contributed by atoms with E-state index in [2.05, 4.69) is 13.8 Å². The second-order valence-corrected chi connectivity index (χ2v) is 1.35. The van der Waals surface area contributed by atoms with E-state index in [0.717, 1.165) is 0 Å². The van der Waals surface area contributed by atoms with Crippen LogP contribution in [0, 0.1) is 0 Å². The molecule has 0 heterocycles. The molecule has 0 aromatic heterocycles. The third-order valence-electron chi connectivity index (χ3n) is 0.707. The Balaban J connectivity index is 0. The van der Waals surface area contributed by atoms with E-state index in [1.54, 1.807) is 0 Å². The molecule has 0 aliphatic heterocycles.